The van der Waals surface area contributed by atoms with E-state index < -0.39 is 198 Å². The van der Waals surface area contributed by atoms with Gasteiger partial charge in [0, 0.05) is 460 Å². The van der Waals surface area contributed by atoms with Crippen LogP contribution in [-0.2, 0) is 0 Å². The lowest BCUT2D eigenvalue weighted by Crippen LogP contribution is -2.97. The van der Waals surface area contributed by atoms with E-state index in [0.29, 0.717) is 5.46 Å². The van der Waals surface area contributed by atoms with Crippen LogP contribution < -0.4 is 5.46 Å². The van der Waals surface area contributed by atoms with E-state index in [1.807, 2.05) is 0 Å². The third kappa shape index (κ3) is 19.3. The van der Waals surface area contributed by atoms with Crippen molar-refractivity contribution in [1.82, 2.24) is 0 Å². The summed E-state index contributed by atoms with van der Waals surface area (Å²) in [6.07, 6.45) is -42.0. The van der Waals surface area contributed by atoms with E-state index in [4.69, 9.17) is 248 Å². The summed E-state index contributed by atoms with van der Waals surface area (Å²) in [4.78, 5) is 0. The first-order valence-corrected chi connectivity index (χ1v) is 23.9. The fourth-order valence-electron chi connectivity index (χ4n) is 12.5. The number of rotatable bonds is 34. The van der Waals surface area contributed by atoms with Crippen molar-refractivity contribution in [1.29, 1.82) is 0 Å². The molecular formula is C6H5B66. The van der Waals surface area contributed by atoms with Crippen molar-refractivity contribution in [3.63, 3.8) is 0 Å². The summed E-state index contributed by atoms with van der Waals surface area (Å²) < 4.78 is 0. The molecular weight excluding hydrogens is 786 g/mol. The highest BCUT2D eigenvalue weighted by atomic mass is 13.8. The predicted octanol–water partition coefficient (Wildman–Crippen LogP) is -24.3. The molecule has 66 heteroatoms. The van der Waals surface area contributed by atoms with E-state index in [1.165, 1.54) is 14.1 Å². The molecule has 0 heterocycles. The molecule has 0 unspecified atom stereocenters. The number of hydrogen-bond acceptors (Lipinski definition) is 0. The van der Waals surface area contributed by atoms with Crippen molar-refractivity contribution in [2.45, 2.75) is 0 Å². The molecule has 0 aliphatic rings. The van der Waals surface area contributed by atoms with Crippen molar-refractivity contribution >= 4 is 472 Å². The average molecular weight is 791 g/mol. The van der Waals surface area contributed by atoms with Crippen LogP contribution in [0, 0.1) is 0 Å². The van der Waals surface area contributed by atoms with E-state index in [2.05, 4.69) is 0 Å². The first kappa shape index (κ1) is 73.5. The Morgan fingerprint density at radius 3 is 0.708 bits per heavy atom. The molecule has 67 radical (unpaired) electrons. The zero-order chi connectivity index (χ0) is 56.1. The van der Waals surface area contributed by atoms with Gasteiger partial charge < -0.3 is 0 Å². The van der Waals surface area contributed by atoms with Crippen LogP contribution >= 0.6 is 0 Å². The molecule has 0 amide bonds. The molecule has 0 fully saturated rings. The van der Waals surface area contributed by atoms with Crippen LogP contribution in [0.4, 0.5) is 0 Å². The van der Waals surface area contributed by atoms with Gasteiger partial charge in [-0.25, -0.2) is 0 Å². The second kappa shape index (κ2) is 34.8. The molecule has 0 aromatic heterocycles. The fraction of sp³-hybridized carbons (Fsp3) is 0. The van der Waals surface area contributed by atoms with Crippen molar-refractivity contribution in [3.05, 3.63) is 30.3 Å². The molecule has 0 saturated heterocycles. The maximum Gasteiger partial charge on any atom is 0.0804 e. The first-order valence-electron chi connectivity index (χ1n) is 23.9. The van der Waals surface area contributed by atoms with Crippen molar-refractivity contribution in [3.8, 4) is 0 Å². The van der Waals surface area contributed by atoms with E-state index in [9.17, 15) is 0 Å². The molecule has 0 bridgehead atoms. The Bertz CT molecular complexity index is 1480. The highest BCUT2D eigenvalue weighted by Crippen LogP contribution is 2.25. The smallest absolute Gasteiger partial charge is 0.0804 e. The van der Waals surface area contributed by atoms with Gasteiger partial charge in [0.2, 0.25) is 0 Å². The third-order valence-corrected chi connectivity index (χ3v) is 15.1. The molecule has 0 aliphatic heterocycles. The van der Waals surface area contributed by atoms with Crippen molar-refractivity contribution < 1.29 is 0 Å². The molecule has 1 aromatic rings. The Balaban J connectivity index is 6.09. The van der Waals surface area contributed by atoms with Crippen LogP contribution in [0.2, 0.25) is 0 Å². The molecule has 1 aromatic carbocycles. The van der Waals surface area contributed by atoms with Crippen LogP contribution in [0.1, 0.15) is 0 Å². The SMILES string of the molecule is [B][B]B([B])B(B([B])[B])B(B(B([B])[B])B([B])[B])B(B(B(B([B])[B])B([B])[B])B(B([B])[B])B([B][B])B([B])[B])B(B(B(B([B])[B])B([B])[B])B(B([B])[B])B([B])[B])B(B(B([B][B])B([B])[B])B(B([B])[B])B([B])[B])c1ccccc1. The monoisotopic (exact) mass is 804 g/mol. The van der Waals surface area contributed by atoms with Gasteiger partial charge in [-0.2, -0.15) is 0 Å². The summed E-state index contributed by atoms with van der Waals surface area (Å²) >= 11 is 0. The summed E-state index contributed by atoms with van der Waals surface area (Å²) in [5.74, 6) is 0. The molecule has 0 nitrogen and oxygen atoms in total. The summed E-state index contributed by atoms with van der Waals surface area (Å²) in [5, 5.41) is 0. The van der Waals surface area contributed by atoms with E-state index in [1.54, 1.807) is 30.3 Å². The normalized spacial score (nSPS) is 9.78. The summed E-state index contributed by atoms with van der Waals surface area (Å²) in [5.41, 5.74) is 0.425. The van der Waals surface area contributed by atoms with Gasteiger partial charge in [-0.3, -0.25) is 0 Å². The van der Waals surface area contributed by atoms with Gasteiger partial charge in [0.25, 0.3) is 0 Å². The molecule has 227 valence electrons. The summed E-state index contributed by atoms with van der Waals surface area (Å²) in [6, 6.07) is 8.64. The van der Waals surface area contributed by atoms with Crippen molar-refractivity contribution in [2.24, 2.45) is 0 Å². The topological polar surface area (TPSA) is 0 Å². The molecule has 0 atom stereocenters. The first-order chi connectivity index (χ1) is 33.2. The minimum absolute atomic E-state index is 0.425. The Hall–Kier alpha value is 3.51. The predicted molar refractivity (Wildman–Crippen MR) is 406 cm³/mol. The van der Waals surface area contributed by atoms with Crippen LogP contribution in [0.3, 0.4) is 0 Å². The molecule has 0 spiro atoms. The van der Waals surface area contributed by atoms with Gasteiger partial charge in [0.15, 0.2) is 0 Å². The van der Waals surface area contributed by atoms with Gasteiger partial charge in [-0.1, -0.05) is 35.8 Å². The second-order valence-electron chi connectivity index (χ2n) is 19.8. The number of benzene rings is 1. The zero-order valence-electron chi connectivity index (χ0n) is 41.5. The minimum Gasteiger partial charge on any atom is -0.0993 e. The Kier molecular flexibility index (Phi) is 35.6. The Labute approximate surface area is 498 Å². The summed E-state index contributed by atoms with van der Waals surface area (Å²) in [7, 11) is 221. The molecule has 0 aliphatic carbocycles. The van der Waals surface area contributed by atoms with E-state index in [-0.39, 0.29) is 0 Å². The maximum atomic E-state index is 7.04. The van der Waals surface area contributed by atoms with E-state index >= 15 is 0 Å². The highest BCUT2D eigenvalue weighted by molar-refractivity contribution is 8.37. The van der Waals surface area contributed by atoms with Crippen molar-refractivity contribution in [2.75, 3.05) is 0 Å². The van der Waals surface area contributed by atoms with Crippen LogP contribution in [-0.4, -0.2) is 467 Å². The standard InChI is InChI=1S/C6H5B66/c7-39-57(38)67(55(34)35)71(65(51(26)27)52(28)29)70(72(66(53(30)31)54(32)33)68(56(36)37)59(41-9)44(12)13)61(69(63(47(18)19)48(20)21)64(49(22)23)50(24)25)42(6-4-2-1-3-5-6)60(58(40-8)43(10)11)62(45(14)15)46(16)17/h1-5H. The molecule has 1 rings (SSSR count). The van der Waals surface area contributed by atoms with Gasteiger partial charge in [-0.05, 0) is 0 Å². The van der Waals surface area contributed by atoms with Crippen LogP contribution in [0.15, 0.2) is 30.3 Å². The third-order valence-electron chi connectivity index (χ3n) is 15.1. The van der Waals surface area contributed by atoms with Crippen LogP contribution in [0.25, 0.3) is 0 Å². The number of hydrogen-bond donors (Lipinski definition) is 0. The fourth-order valence-corrected chi connectivity index (χ4v) is 12.5. The van der Waals surface area contributed by atoms with Crippen LogP contribution in [0.5, 0.6) is 0 Å². The average Bonchev–Trinajstić information content (AvgIpc) is 3.23. The molecule has 0 saturated carbocycles. The Morgan fingerprint density at radius 2 is 0.458 bits per heavy atom. The van der Waals surface area contributed by atoms with Gasteiger partial charge in [0.1, 0.15) is 0 Å². The second-order valence-corrected chi connectivity index (χ2v) is 19.8. The molecule has 72 heavy (non-hydrogen) atoms. The minimum atomic E-state index is -1.52. The maximum absolute atomic E-state index is 7.04. The van der Waals surface area contributed by atoms with Gasteiger partial charge in [-0.15, -0.1) is 0 Å². The van der Waals surface area contributed by atoms with Gasteiger partial charge >= 0.3 is 0 Å². The van der Waals surface area contributed by atoms with E-state index in [0.717, 1.165) is 7.06 Å². The Morgan fingerprint density at radius 1 is 0.222 bits per heavy atom. The molecule has 0 N–H and O–H groups in total. The summed E-state index contributed by atoms with van der Waals surface area (Å²) in [6.45, 7) is -1.29. The lowest BCUT2D eigenvalue weighted by Gasteiger charge is -2.59. The largest absolute Gasteiger partial charge is 0.0993 e. The quantitative estimate of drug-likeness (QED) is 0.0610. The lowest BCUT2D eigenvalue weighted by molar-refractivity contribution is 1.77. The highest BCUT2D eigenvalue weighted by Gasteiger charge is 2.64. The van der Waals surface area contributed by atoms with Gasteiger partial charge in [0.05, 0.1) is 6.49 Å². The zero-order valence-corrected chi connectivity index (χ0v) is 41.5. The lowest BCUT2D eigenvalue weighted by atomic mass is 8.23.